The molecule has 4 N–H and O–H groups in total. The minimum Gasteiger partial charge on any atom is -0.381 e. The number of nitrogens with one attached hydrogen (secondary N) is 2. The maximum absolute atomic E-state index is 13.0. The fourth-order valence-corrected chi connectivity index (χ4v) is 2.99. The Labute approximate surface area is 149 Å². The Bertz CT molecular complexity index is 667. The van der Waals surface area contributed by atoms with Crippen LogP contribution in [0, 0.1) is 11.3 Å². The first-order chi connectivity index (χ1) is 12.3. The van der Waals surface area contributed by atoms with E-state index in [0.29, 0.717) is 37.2 Å². The quantitative estimate of drug-likeness (QED) is 0.739. The van der Waals surface area contributed by atoms with E-state index in [-0.39, 0.29) is 6.54 Å². The Morgan fingerprint density at radius 1 is 1.38 bits per heavy atom. The first-order valence-electron chi connectivity index (χ1n) is 8.24. The van der Waals surface area contributed by atoms with Crippen LogP contribution >= 0.6 is 0 Å². The number of ether oxygens (including phenoxy) is 1. The third-order valence-corrected chi connectivity index (χ3v) is 4.40. The molecule has 1 aromatic rings. The van der Waals surface area contributed by atoms with Gasteiger partial charge in [-0.05, 0) is 43.5 Å². The molecule has 1 unspecified atom stereocenters. The number of amides is 2. The van der Waals surface area contributed by atoms with Crippen molar-refractivity contribution < 1.29 is 22.7 Å². The maximum Gasteiger partial charge on any atom is 0.408 e. The number of carbonyl (C=O) groups excluding carboxylic acids is 1. The van der Waals surface area contributed by atoms with Gasteiger partial charge in [0, 0.05) is 13.2 Å². The second kappa shape index (κ2) is 8.38. The summed E-state index contributed by atoms with van der Waals surface area (Å²) in [5.74, 6) is 0. The molecule has 0 spiro atoms. The van der Waals surface area contributed by atoms with E-state index in [1.807, 2.05) is 11.4 Å². The Kier molecular flexibility index (Phi) is 6.45. The first kappa shape index (κ1) is 20.0. The van der Waals surface area contributed by atoms with Crippen molar-refractivity contribution in [2.45, 2.75) is 37.0 Å². The Hall–Kier alpha value is -2.31. The lowest BCUT2D eigenvalue weighted by Gasteiger charge is -2.39. The van der Waals surface area contributed by atoms with Crippen LogP contribution < -0.4 is 16.4 Å². The van der Waals surface area contributed by atoms with Crippen molar-refractivity contribution in [1.82, 2.24) is 10.6 Å². The van der Waals surface area contributed by atoms with Gasteiger partial charge >= 0.3 is 12.2 Å². The smallest absolute Gasteiger partial charge is 0.381 e. The molecule has 1 aromatic carbocycles. The van der Waals surface area contributed by atoms with E-state index in [1.165, 1.54) is 0 Å². The van der Waals surface area contributed by atoms with Gasteiger partial charge in [0.15, 0.2) is 0 Å². The predicted molar refractivity (Wildman–Crippen MR) is 88.1 cm³/mol. The highest BCUT2D eigenvalue weighted by Gasteiger charge is 2.42. The predicted octanol–water partition coefficient (Wildman–Crippen LogP) is 2.14. The monoisotopic (exact) mass is 370 g/mol. The van der Waals surface area contributed by atoms with E-state index in [9.17, 15) is 18.0 Å². The van der Waals surface area contributed by atoms with Crippen LogP contribution in [0.2, 0.25) is 0 Å². The number of urea groups is 1. The molecule has 2 amide bonds. The number of hydrogen-bond acceptors (Lipinski definition) is 4. The lowest BCUT2D eigenvalue weighted by atomic mass is 9.82. The van der Waals surface area contributed by atoms with Gasteiger partial charge in [-0.3, -0.25) is 0 Å². The van der Waals surface area contributed by atoms with Gasteiger partial charge in [0.2, 0.25) is 0 Å². The zero-order valence-electron chi connectivity index (χ0n) is 14.1. The van der Waals surface area contributed by atoms with Crippen LogP contribution in [0.3, 0.4) is 0 Å². The summed E-state index contributed by atoms with van der Waals surface area (Å²) < 4.78 is 44.4. The average Bonchev–Trinajstić information content (AvgIpc) is 2.61. The summed E-state index contributed by atoms with van der Waals surface area (Å²) in [6.45, 7) is 0.499. The van der Waals surface area contributed by atoms with Gasteiger partial charge in [-0.15, -0.1) is 0 Å². The fourth-order valence-electron chi connectivity index (χ4n) is 2.99. The fraction of sp³-hybridized carbons (Fsp3) is 0.529. The third-order valence-electron chi connectivity index (χ3n) is 4.40. The van der Waals surface area contributed by atoms with Gasteiger partial charge in [-0.2, -0.15) is 18.4 Å². The van der Waals surface area contributed by atoms with Gasteiger partial charge in [0.1, 0.15) is 6.04 Å². The van der Waals surface area contributed by atoms with Crippen LogP contribution in [0.15, 0.2) is 24.3 Å². The van der Waals surface area contributed by atoms with Crippen LogP contribution in [0.4, 0.5) is 18.0 Å². The number of hydrogen-bond donors (Lipinski definition) is 3. The average molecular weight is 370 g/mol. The highest BCUT2D eigenvalue weighted by atomic mass is 19.4. The van der Waals surface area contributed by atoms with Crippen molar-refractivity contribution >= 4 is 6.03 Å². The molecule has 1 aliphatic rings. The largest absolute Gasteiger partial charge is 0.408 e. The molecular formula is C17H21F3N4O2. The van der Waals surface area contributed by atoms with Gasteiger partial charge in [-0.25, -0.2) is 4.79 Å². The van der Waals surface area contributed by atoms with E-state index >= 15 is 0 Å². The molecule has 2 rings (SSSR count). The summed E-state index contributed by atoms with van der Waals surface area (Å²) in [6, 6.07) is 5.76. The molecular weight excluding hydrogens is 349 g/mol. The van der Waals surface area contributed by atoms with Crippen LogP contribution in [0.25, 0.3) is 0 Å². The maximum atomic E-state index is 13.0. The summed E-state index contributed by atoms with van der Waals surface area (Å²) in [6.07, 6.45) is -4.21. The number of nitrogens with zero attached hydrogens (tertiary/aromatic N) is 1. The van der Waals surface area contributed by atoms with Crippen molar-refractivity contribution in [1.29, 1.82) is 5.26 Å². The summed E-state index contributed by atoms with van der Waals surface area (Å²) in [4.78, 5) is 12.3. The molecule has 0 aromatic heterocycles. The van der Waals surface area contributed by atoms with Crippen molar-refractivity contribution in [3.05, 3.63) is 35.4 Å². The van der Waals surface area contributed by atoms with E-state index < -0.39 is 30.2 Å². The highest BCUT2D eigenvalue weighted by Crippen LogP contribution is 2.33. The molecule has 9 heteroatoms. The van der Waals surface area contributed by atoms with Crippen molar-refractivity contribution in [3.63, 3.8) is 0 Å². The second-order valence-corrected chi connectivity index (χ2v) is 6.16. The number of nitriles is 1. The summed E-state index contributed by atoms with van der Waals surface area (Å²) in [5, 5.41) is 13.7. The number of alkyl halides is 3. The van der Waals surface area contributed by atoms with Gasteiger partial charge in [-0.1, -0.05) is 12.1 Å². The molecule has 1 heterocycles. The molecule has 6 nitrogen and oxygen atoms in total. The molecule has 142 valence electrons. The van der Waals surface area contributed by atoms with Crippen molar-refractivity contribution in [3.8, 4) is 6.07 Å². The number of carbonyl (C=O) groups is 1. The molecule has 0 radical (unpaired) electrons. The minimum atomic E-state index is -4.58. The SMILES string of the molecule is N#Cc1cccc(C2(NC(=O)NC(CCN)C(F)(F)F)CCOCC2)c1. The first-order valence-corrected chi connectivity index (χ1v) is 8.24. The van der Waals surface area contributed by atoms with Crippen LogP contribution in [0.5, 0.6) is 0 Å². The lowest BCUT2D eigenvalue weighted by Crippen LogP contribution is -2.57. The van der Waals surface area contributed by atoms with Crippen molar-refractivity contribution in [2.24, 2.45) is 5.73 Å². The molecule has 1 fully saturated rings. The Morgan fingerprint density at radius 3 is 2.65 bits per heavy atom. The van der Waals surface area contributed by atoms with Crippen LogP contribution in [0.1, 0.15) is 30.4 Å². The summed E-state index contributed by atoms with van der Waals surface area (Å²) >= 11 is 0. The molecule has 26 heavy (non-hydrogen) atoms. The van der Waals surface area contributed by atoms with Gasteiger partial charge < -0.3 is 21.1 Å². The molecule has 0 saturated carbocycles. The summed E-state index contributed by atoms with van der Waals surface area (Å²) in [5.41, 5.74) is 5.39. The Morgan fingerprint density at radius 2 is 2.08 bits per heavy atom. The van der Waals surface area contributed by atoms with E-state index in [0.717, 1.165) is 0 Å². The molecule has 1 aliphatic heterocycles. The normalized spacial score (nSPS) is 17.8. The zero-order valence-corrected chi connectivity index (χ0v) is 14.1. The Balaban J connectivity index is 2.22. The second-order valence-electron chi connectivity index (χ2n) is 6.16. The standard InChI is InChI=1S/C17H21F3N4O2/c18-17(19,20)14(4-7-21)23-15(25)24-16(5-8-26-9-6-16)13-3-1-2-12(10-13)11-22/h1-3,10,14H,4-9,21H2,(H2,23,24,25). The molecule has 0 aliphatic carbocycles. The molecule has 1 saturated heterocycles. The van der Waals surface area contributed by atoms with E-state index in [2.05, 4.69) is 5.32 Å². The van der Waals surface area contributed by atoms with Crippen LogP contribution in [-0.4, -0.2) is 38.0 Å². The lowest BCUT2D eigenvalue weighted by molar-refractivity contribution is -0.154. The number of benzene rings is 1. The summed E-state index contributed by atoms with van der Waals surface area (Å²) in [7, 11) is 0. The van der Waals surface area contributed by atoms with Crippen molar-refractivity contribution in [2.75, 3.05) is 19.8 Å². The minimum absolute atomic E-state index is 0.201. The number of halogens is 3. The van der Waals surface area contributed by atoms with E-state index in [1.54, 1.807) is 24.3 Å². The number of rotatable bonds is 5. The van der Waals surface area contributed by atoms with E-state index in [4.69, 9.17) is 15.7 Å². The van der Waals surface area contributed by atoms with Gasteiger partial charge in [0.05, 0.1) is 17.2 Å². The zero-order chi connectivity index (χ0) is 19.2. The third kappa shape index (κ3) is 4.86. The van der Waals surface area contributed by atoms with Crippen LogP contribution in [-0.2, 0) is 10.3 Å². The molecule has 1 atom stereocenters. The highest BCUT2D eigenvalue weighted by molar-refractivity contribution is 5.75. The molecule has 0 bridgehead atoms. The number of nitrogens with two attached hydrogens (primary N) is 1. The van der Waals surface area contributed by atoms with Gasteiger partial charge in [0.25, 0.3) is 0 Å². The topological polar surface area (TPSA) is 100 Å².